The maximum atomic E-state index is 5.89. The van der Waals surface area contributed by atoms with E-state index in [2.05, 4.69) is 13.8 Å². The molecule has 0 amide bonds. The molecule has 0 aliphatic heterocycles. The van der Waals surface area contributed by atoms with Crippen molar-refractivity contribution in [3.05, 3.63) is 28.8 Å². The predicted octanol–water partition coefficient (Wildman–Crippen LogP) is 3.61. The van der Waals surface area contributed by atoms with Crippen molar-refractivity contribution in [2.24, 2.45) is 11.7 Å². The zero-order valence-electron chi connectivity index (χ0n) is 10.0. The second-order valence-electron chi connectivity index (χ2n) is 4.34. The molecular formula is C13H20ClNO. The van der Waals surface area contributed by atoms with Crippen LogP contribution in [0.5, 0.6) is 5.75 Å². The van der Waals surface area contributed by atoms with Gasteiger partial charge in [-0.1, -0.05) is 25.4 Å². The highest BCUT2D eigenvalue weighted by Gasteiger charge is 2.03. The molecule has 0 unspecified atom stereocenters. The average molecular weight is 242 g/mol. The van der Waals surface area contributed by atoms with Gasteiger partial charge in [0.05, 0.1) is 6.61 Å². The first kappa shape index (κ1) is 13.3. The molecule has 90 valence electrons. The molecule has 0 saturated heterocycles. The molecule has 0 aliphatic rings. The molecule has 0 radical (unpaired) electrons. The minimum absolute atomic E-state index is 0.458. The van der Waals surface area contributed by atoms with Gasteiger partial charge in [0.25, 0.3) is 0 Å². The van der Waals surface area contributed by atoms with Gasteiger partial charge in [0.15, 0.2) is 0 Å². The first-order chi connectivity index (χ1) is 7.63. The molecule has 16 heavy (non-hydrogen) atoms. The highest BCUT2D eigenvalue weighted by atomic mass is 35.5. The smallest absolute Gasteiger partial charge is 0.123 e. The fourth-order valence-electron chi connectivity index (χ4n) is 1.52. The molecule has 1 aromatic carbocycles. The normalized spacial score (nSPS) is 10.8. The third-order valence-corrected chi connectivity index (χ3v) is 2.66. The molecule has 1 rings (SSSR count). The molecule has 0 fully saturated rings. The molecule has 0 bridgehead atoms. The molecule has 0 aromatic heterocycles. The van der Waals surface area contributed by atoms with E-state index in [4.69, 9.17) is 22.1 Å². The summed E-state index contributed by atoms with van der Waals surface area (Å²) >= 11 is 5.89. The lowest BCUT2D eigenvalue weighted by molar-refractivity contribution is 0.295. The van der Waals surface area contributed by atoms with Gasteiger partial charge in [0.2, 0.25) is 0 Å². The minimum Gasteiger partial charge on any atom is -0.493 e. The molecule has 1 aromatic rings. The Bertz CT molecular complexity index is 326. The summed E-state index contributed by atoms with van der Waals surface area (Å²) in [6.45, 7) is 5.63. The third kappa shape index (κ3) is 4.42. The van der Waals surface area contributed by atoms with Crippen molar-refractivity contribution in [3.8, 4) is 5.75 Å². The third-order valence-electron chi connectivity index (χ3n) is 2.43. The predicted molar refractivity (Wildman–Crippen MR) is 68.9 cm³/mol. The van der Waals surface area contributed by atoms with Gasteiger partial charge in [-0.2, -0.15) is 0 Å². The first-order valence-corrected chi connectivity index (χ1v) is 6.12. The fourth-order valence-corrected chi connectivity index (χ4v) is 1.72. The van der Waals surface area contributed by atoms with E-state index in [1.165, 1.54) is 6.42 Å². The van der Waals surface area contributed by atoms with Crippen molar-refractivity contribution in [1.82, 2.24) is 0 Å². The van der Waals surface area contributed by atoms with Crippen molar-refractivity contribution >= 4 is 11.6 Å². The second-order valence-corrected chi connectivity index (χ2v) is 4.78. The highest BCUT2D eigenvalue weighted by molar-refractivity contribution is 6.30. The van der Waals surface area contributed by atoms with E-state index in [9.17, 15) is 0 Å². The summed E-state index contributed by atoms with van der Waals surface area (Å²) in [6.07, 6.45) is 2.26. The van der Waals surface area contributed by atoms with Crippen molar-refractivity contribution in [3.63, 3.8) is 0 Å². The molecule has 0 heterocycles. The van der Waals surface area contributed by atoms with E-state index in [0.717, 1.165) is 30.3 Å². The van der Waals surface area contributed by atoms with Crippen LogP contribution in [0.25, 0.3) is 0 Å². The number of rotatable bonds is 6. The maximum Gasteiger partial charge on any atom is 0.123 e. The molecule has 2 nitrogen and oxygen atoms in total. The van der Waals surface area contributed by atoms with Crippen LogP contribution in [0, 0.1) is 5.92 Å². The quantitative estimate of drug-likeness (QED) is 0.773. The lowest BCUT2D eigenvalue weighted by Crippen LogP contribution is -2.04. The SMILES string of the molecule is CC(C)CCCOc1ccc(Cl)cc1CN. The Kier molecular flexibility index (Phi) is 5.64. The molecule has 3 heteroatoms. The Morgan fingerprint density at radius 1 is 1.38 bits per heavy atom. The zero-order chi connectivity index (χ0) is 12.0. The van der Waals surface area contributed by atoms with Crippen molar-refractivity contribution in [2.45, 2.75) is 33.2 Å². The highest BCUT2D eigenvalue weighted by Crippen LogP contribution is 2.22. The largest absolute Gasteiger partial charge is 0.493 e. The van der Waals surface area contributed by atoms with Crippen LogP contribution in [0.1, 0.15) is 32.3 Å². The van der Waals surface area contributed by atoms with Crippen LogP contribution in [-0.4, -0.2) is 6.61 Å². The van der Waals surface area contributed by atoms with E-state index in [-0.39, 0.29) is 0 Å². The van der Waals surface area contributed by atoms with Crippen molar-refractivity contribution < 1.29 is 4.74 Å². The van der Waals surface area contributed by atoms with Crippen molar-refractivity contribution in [2.75, 3.05) is 6.61 Å². The van der Waals surface area contributed by atoms with Crippen LogP contribution in [0.2, 0.25) is 5.02 Å². The molecule has 0 aliphatic carbocycles. The van der Waals surface area contributed by atoms with Gasteiger partial charge in [-0.05, 0) is 37.0 Å². The van der Waals surface area contributed by atoms with Gasteiger partial charge in [0.1, 0.15) is 5.75 Å². The van der Waals surface area contributed by atoms with Gasteiger partial charge in [-0.25, -0.2) is 0 Å². The molecular weight excluding hydrogens is 222 g/mol. The Balaban J connectivity index is 2.47. The lowest BCUT2D eigenvalue weighted by atomic mass is 10.1. The number of ether oxygens (including phenoxy) is 1. The van der Waals surface area contributed by atoms with E-state index >= 15 is 0 Å². The van der Waals surface area contributed by atoms with Crippen LogP contribution < -0.4 is 10.5 Å². The van der Waals surface area contributed by atoms with E-state index in [1.807, 2.05) is 18.2 Å². The van der Waals surface area contributed by atoms with Crippen LogP contribution in [0.15, 0.2) is 18.2 Å². The molecule has 0 saturated carbocycles. The Morgan fingerprint density at radius 2 is 2.12 bits per heavy atom. The first-order valence-electron chi connectivity index (χ1n) is 5.74. The van der Waals surface area contributed by atoms with Gasteiger partial charge < -0.3 is 10.5 Å². The van der Waals surface area contributed by atoms with Crippen LogP contribution in [0.4, 0.5) is 0 Å². The zero-order valence-corrected chi connectivity index (χ0v) is 10.8. The molecule has 2 N–H and O–H groups in total. The maximum absolute atomic E-state index is 5.89. The summed E-state index contributed by atoms with van der Waals surface area (Å²) in [7, 11) is 0. The summed E-state index contributed by atoms with van der Waals surface area (Å²) in [4.78, 5) is 0. The molecule has 0 spiro atoms. The Labute approximate surface area is 103 Å². The van der Waals surface area contributed by atoms with Crippen LogP contribution in [-0.2, 0) is 6.54 Å². The number of nitrogens with two attached hydrogens (primary N) is 1. The fraction of sp³-hybridized carbons (Fsp3) is 0.538. The summed E-state index contributed by atoms with van der Waals surface area (Å²) in [5, 5.41) is 0.704. The number of benzene rings is 1. The number of hydrogen-bond donors (Lipinski definition) is 1. The van der Waals surface area contributed by atoms with E-state index in [1.54, 1.807) is 0 Å². The summed E-state index contributed by atoms with van der Waals surface area (Å²) in [5.41, 5.74) is 6.60. The average Bonchev–Trinajstić information content (AvgIpc) is 2.25. The Morgan fingerprint density at radius 3 is 2.75 bits per heavy atom. The Hall–Kier alpha value is -0.730. The standard InChI is InChI=1S/C13H20ClNO/c1-10(2)4-3-7-16-13-6-5-12(14)8-11(13)9-15/h5-6,8,10H,3-4,7,9,15H2,1-2H3. The van der Waals surface area contributed by atoms with Gasteiger partial charge in [-0.3, -0.25) is 0 Å². The minimum atomic E-state index is 0.458. The lowest BCUT2D eigenvalue weighted by Gasteiger charge is -2.11. The van der Waals surface area contributed by atoms with E-state index < -0.39 is 0 Å². The summed E-state index contributed by atoms with van der Waals surface area (Å²) in [6, 6.07) is 5.58. The number of hydrogen-bond acceptors (Lipinski definition) is 2. The van der Waals surface area contributed by atoms with Crippen LogP contribution >= 0.6 is 11.6 Å². The molecule has 0 atom stereocenters. The van der Waals surface area contributed by atoms with Crippen molar-refractivity contribution in [1.29, 1.82) is 0 Å². The summed E-state index contributed by atoms with van der Waals surface area (Å²) < 4.78 is 5.69. The van der Waals surface area contributed by atoms with Gasteiger partial charge >= 0.3 is 0 Å². The monoisotopic (exact) mass is 241 g/mol. The second kappa shape index (κ2) is 6.77. The van der Waals surface area contributed by atoms with Gasteiger partial charge in [0, 0.05) is 17.1 Å². The van der Waals surface area contributed by atoms with E-state index in [0.29, 0.717) is 11.6 Å². The topological polar surface area (TPSA) is 35.2 Å². The number of halogens is 1. The van der Waals surface area contributed by atoms with Gasteiger partial charge in [-0.15, -0.1) is 0 Å². The summed E-state index contributed by atoms with van der Waals surface area (Å²) in [5.74, 6) is 1.58. The van der Waals surface area contributed by atoms with Crippen LogP contribution in [0.3, 0.4) is 0 Å².